The standard InChI is InChI=1S/C24H24ClN3O4S/c1-17-4-2-3-5-23(17)33(31,32)26-21-16-18(24(29)30)6-11-22(21)28-14-12-27(13-15-28)20-9-7-19(25)8-10-20/h2-11,16,26H,12-15H2,1H3,(H,29,30). The summed E-state index contributed by atoms with van der Waals surface area (Å²) in [5, 5.41) is 10.1. The van der Waals surface area contributed by atoms with E-state index in [1.165, 1.54) is 18.2 Å². The van der Waals surface area contributed by atoms with Crippen molar-refractivity contribution in [3.05, 3.63) is 82.9 Å². The second-order valence-corrected chi connectivity index (χ2v) is 9.95. The highest BCUT2D eigenvalue weighted by Crippen LogP contribution is 2.32. The summed E-state index contributed by atoms with van der Waals surface area (Å²) < 4.78 is 28.8. The molecule has 3 aromatic rings. The van der Waals surface area contributed by atoms with Gasteiger partial charge in [0.05, 0.1) is 21.8 Å². The van der Waals surface area contributed by atoms with Crippen LogP contribution in [0.15, 0.2) is 71.6 Å². The molecule has 33 heavy (non-hydrogen) atoms. The molecule has 1 fully saturated rings. The first kappa shape index (κ1) is 22.9. The number of carboxylic acids is 1. The third kappa shape index (κ3) is 5.07. The Morgan fingerprint density at radius 2 is 1.58 bits per heavy atom. The average molecular weight is 486 g/mol. The van der Waals surface area contributed by atoms with E-state index >= 15 is 0 Å². The van der Waals surface area contributed by atoms with E-state index in [1.54, 1.807) is 31.2 Å². The molecule has 0 bridgehead atoms. The van der Waals surface area contributed by atoms with E-state index in [-0.39, 0.29) is 16.1 Å². The van der Waals surface area contributed by atoms with Crippen molar-refractivity contribution in [3.8, 4) is 0 Å². The second-order valence-electron chi connectivity index (χ2n) is 7.86. The lowest BCUT2D eigenvalue weighted by molar-refractivity contribution is 0.0697. The Bertz CT molecular complexity index is 1270. The molecule has 0 saturated carbocycles. The monoisotopic (exact) mass is 485 g/mol. The van der Waals surface area contributed by atoms with Gasteiger partial charge in [0, 0.05) is 36.9 Å². The molecule has 9 heteroatoms. The number of nitrogens with zero attached hydrogens (tertiary/aromatic N) is 2. The Kier molecular flexibility index (Phi) is 6.49. The molecule has 1 heterocycles. The van der Waals surface area contributed by atoms with E-state index in [0.717, 1.165) is 18.8 Å². The number of hydrogen-bond donors (Lipinski definition) is 2. The molecule has 0 radical (unpaired) electrons. The van der Waals surface area contributed by atoms with Crippen LogP contribution in [0.2, 0.25) is 5.02 Å². The number of aryl methyl sites for hydroxylation is 1. The highest BCUT2D eigenvalue weighted by molar-refractivity contribution is 7.92. The van der Waals surface area contributed by atoms with E-state index < -0.39 is 16.0 Å². The number of benzene rings is 3. The lowest BCUT2D eigenvalue weighted by Crippen LogP contribution is -2.46. The maximum atomic E-state index is 13.1. The van der Waals surface area contributed by atoms with Crippen LogP contribution in [0.4, 0.5) is 17.1 Å². The fourth-order valence-electron chi connectivity index (χ4n) is 3.94. The third-order valence-electron chi connectivity index (χ3n) is 5.68. The Balaban J connectivity index is 1.61. The van der Waals surface area contributed by atoms with Gasteiger partial charge in [0.25, 0.3) is 10.0 Å². The van der Waals surface area contributed by atoms with Crippen LogP contribution in [0.1, 0.15) is 15.9 Å². The number of aromatic carboxylic acids is 1. The molecule has 2 N–H and O–H groups in total. The number of sulfonamides is 1. The van der Waals surface area contributed by atoms with Gasteiger partial charge in [-0.1, -0.05) is 29.8 Å². The number of carbonyl (C=O) groups is 1. The predicted molar refractivity (Wildman–Crippen MR) is 131 cm³/mol. The molecule has 0 unspecified atom stereocenters. The SMILES string of the molecule is Cc1ccccc1S(=O)(=O)Nc1cc(C(=O)O)ccc1N1CCN(c2ccc(Cl)cc2)CC1. The molecular formula is C24H24ClN3O4S. The first-order chi connectivity index (χ1) is 15.7. The maximum Gasteiger partial charge on any atom is 0.335 e. The average Bonchev–Trinajstić information content (AvgIpc) is 2.79. The Hall–Kier alpha value is -3.23. The molecule has 3 aromatic carbocycles. The van der Waals surface area contributed by atoms with Crippen molar-refractivity contribution < 1.29 is 18.3 Å². The maximum absolute atomic E-state index is 13.1. The minimum atomic E-state index is -3.90. The molecule has 172 valence electrons. The number of anilines is 3. The smallest absolute Gasteiger partial charge is 0.335 e. The van der Waals surface area contributed by atoms with Crippen LogP contribution < -0.4 is 14.5 Å². The molecule has 0 amide bonds. The van der Waals surface area contributed by atoms with Crippen molar-refractivity contribution in [2.45, 2.75) is 11.8 Å². The molecule has 0 aromatic heterocycles. The van der Waals surface area contributed by atoms with Gasteiger partial charge in [-0.25, -0.2) is 13.2 Å². The molecule has 0 spiro atoms. The zero-order chi connectivity index (χ0) is 23.6. The second kappa shape index (κ2) is 9.33. The van der Waals surface area contributed by atoms with Crippen molar-refractivity contribution in [2.75, 3.05) is 40.7 Å². The molecule has 0 aliphatic carbocycles. The largest absolute Gasteiger partial charge is 0.478 e. The van der Waals surface area contributed by atoms with Crippen LogP contribution in [-0.4, -0.2) is 45.7 Å². The first-order valence-corrected chi connectivity index (χ1v) is 12.3. The molecule has 4 rings (SSSR count). The Labute approximate surface area is 198 Å². The fraction of sp³-hybridized carbons (Fsp3) is 0.208. The summed E-state index contributed by atoms with van der Waals surface area (Å²) in [6.07, 6.45) is 0. The molecule has 1 aliphatic rings. The Morgan fingerprint density at radius 1 is 0.939 bits per heavy atom. The highest BCUT2D eigenvalue weighted by Gasteiger charge is 2.24. The number of rotatable bonds is 6. The van der Waals surface area contributed by atoms with Crippen LogP contribution in [-0.2, 0) is 10.0 Å². The summed E-state index contributed by atoms with van der Waals surface area (Å²) in [7, 11) is -3.90. The number of piperazine rings is 1. The van der Waals surface area contributed by atoms with Crippen LogP contribution >= 0.6 is 11.6 Å². The summed E-state index contributed by atoms with van der Waals surface area (Å²) in [5.41, 5.74) is 2.59. The molecule has 1 saturated heterocycles. The minimum Gasteiger partial charge on any atom is -0.478 e. The number of hydrogen-bond acceptors (Lipinski definition) is 5. The van der Waals surface area contributed by atoms with Crippen LogP contribution in [0, 0.1) is 6.92 Å². The van der Waals surface area contributed by atoms with Gasteiger partial charge in [-0.15, -0.1) is 0 Å². The van der Waals surface area contributed by atoms with Gasteiger partial charge < -0.3 is 14.9 Å². The molecule has 0 atom stereocenters. The van der Waals surface area contributed by atoms with Gasteiger partial charge in [0.15, 0.2) is 0 Å². The summed E-state index contributed by atoms with van der Waals surface area (Å²) in [5.74, 6) is -1.12. The van der Waals surface area contributed by atoms with E-state index in [2.05, 4.69) is 14.5 Å². The van der Waals surface area contributed by atoms with Crippen LogP contribution in [0.25, 0.3) is 0 Å². The van der Waals surface area contributed by atoms with Crippen molar-refractivity contribution in [2.24, 2.45) is 0 Å². The highest BCUT2D eigenvalue weighted by atomic mass is 35.5. The van der Waals surface area contributed by atoms with E-state index in [9.17, 15) is 18.3 Å². The number of halogens is 1. The fourth-order valence-corrected chi connectivity index (χ4v) is 5.38. The third-order valence-corrected chi connectivity index (χ3v) is 7.46. The Morgan fingerprint density at radius 3 is 2.21 bits per heavy atom. The number of nitrogens with one attached hydrogen (secondary N) is 1. The van der Waals surface area contributed by atoms with Crippen molar-refractivity contribution in [1.82, 2.24) is 0 Å². The topological polar surface area (TPSA) is 89.9 Å². The van der Waals surface area contributed by atoms with Crippen LogP contribution in [0.3, 0.4) is 0 Å². The van der Waals surface area contributed by atoms with Crippen molar-refractivity contribution in [3.63, 3.8) is 0 Å². The predicted octanol–water partition coefficient (Wildman–Crippen LogP) is 4.47. The van der Waals surface area contributed by atoms with Crippen LogP contribution in [0.5, 0.6) is 0 Å². The first-order valence-electron chi connectivity index (χ1n) is 10.5. The molecular weight excluding hydrogens is 462 g/mol. The van der Waals surface area contributed by atoms with E-state index in [1.807, 2.05) is 24.3 Å². The van der Waals surface area contributed by atoms with Gasteiger partial charge >= 0.3 is 5.97 Å². The van der Waals surface area contributed by atoms with Gasteiger partial charge in [-0.2, -0.15) is 0 Å². The number of carboxylic acid groups (broad SMARTS) is 1. The zero-order valence-corrected chi connectivity index (χ0v) is 19.6. The lowest BCUT2D eigenvalue weighted by Gasteiger charge is -2.38. The minimum absolute atomic E-state index is 0.0148. The summed E-state index contributed by atoms with van der Waals surface area (Å²) >= 11 is 5.99. The zero-order valence-electron chi connectivity index (χ0n) is 18.0. The van der Waals surface area contributed by atoms with Gasteiger partial charge in [-0.05, 0) is 61.0 Å². The molecule has 1 aliphatic heterocycles. The summed E-state index contributed by atoms with van der Waals surface area (Å²) in [4.78, 5) is 16.0. The van der Waals surface area contributed by atoms with Gasteiger partial charge in [0.2, 0.25) is 0 Å². The summed E-state index contributed by atoms with van der Waals surface area (Å²) in [6.45, 7) is 4.47. The van der Waals surface area contributed by atoms with E-state index in [4.69, 9.17) is 11.6 Å². The van der Waals surface area contributed by atoms with E-state index in [0.29, 0.717) is 29.4 Å². The summed E-state index contributed by atoms with van der Waals surface area (Å²) in [6, 6.07) is 18.9. The van der Waals surface area contributed by atoms with Gasteiger partial charge in [-0.3, -0.25) is 4.72 Å². The quantitative estimate of drug-likeness (QED) is 0.535. The lowest BCUT2D eigenvalue weighted by atomic mass is 10.1. The van der Waals surface area contributed by atoms with Crippen molar-refractivity contribution in [1.29, 1.82) is 0 Å². The normalized spacial score (nSPS) is 14.2. The molecule has 7 nitrogen and oxygen atoms in total. The van der Waals surface area contributed by atoms with Gasteiger partial charge in [0.1, 0.15) is 0 Å². The van der Waals surface area contributed by atoms with Crippen molar-refractivity contribution >= 4 is 44.7 Å².